The average Bonchev–Trinajstić information content (AvgIpc) is 3.21. The van der Waals surface area contributed by atoms with Crippen LogP contribution in [0.4, 0.5) is 0 Å². The zero-order valence-corrected chi connectivity index (χ0v) is 15.3. The van der Waals surface area contributed by atoms with Gasteiger partial charge in [0.15, 0.2) is 0 Å². The normalized spacial score (nSPS) is 17.2. The minimum atomic E-state index is -0.347. The van der Waals surface area contributed by atoms with Gasteiger partial charge >= 0.3 is 5.97 Å². The first-order valence-electron chi connectivity index (χ1n) is 9.50. The second-order valence-corrected chi connectivity index (χ2v) is 7.35. The average molecular weight is 366 g/mol. The maximum atomic E-state index is 11.8. The Morgan fingerprint density at radius 1 is 1.26 bits per heavy atom. The number of hydrogen-bond donors (Lipinski definition) is 0. The highest BCUT2D eigenvalue weighted by Gasteiger charge is 2.29. The van der Waals surface area contributed by atoms with Gasteiger partial charge in [-0.15, -0.1) is 0 Å². The van der Waals surface area contributed by atoms with E-state index in [9.17, 15) is 4.79 Å². The molecule has 0 aromatic carbocycles. The number of carbonyl (C=O) groups excluding carboxylic acids is 1. The Hall–Kier alpha value is -2.67. The van der Waals surface area contributed by atoms with E-state index in [0.29, 0.717) is 30.6 Å². The molecule has 3 aromatic rings. The highest BCUT2D eigenvalue weighted by atomic mass is 16.5. The van der Waals surface area contributed by atoms with Crippen LogP contribution >= 0.6 is 0 Å². The van der Waals surface area contributed by atoms with Gasteiger partial charge in [-0.1, -0.05) is 0 Å². The van der Waals surface area contributed by atoms with E-state index in [1.165, 1.54) is 30.2 Å². The molecule has 2 aliphatic rings. The van der Waals surface area contributed by atoms with Crippen molar-refractivity contribution in [2.24, 2.45) is 0 Å². The molecule has 0 atom stereocenters. The first-order chi connectivity index (χ1) is 13.2. The summed E-state index contributed by atoms with van der Waals surface area (Å²) in [6.07, 6.45) is 10.1. The van der Waals surface area contributed by atoms with Crippen LogP contribution in [0.3, 0.4) is 0 Å². The summed E-state index contributed by atoms with van der Waals surface area (Å²) >= 11 is 0. The largest absolute Gasteiger partial charge is 0.462 e. The minimum Gasteiger partial charge on any atom is -0.462 e. The fourth-order valence-corrected chi connectivity index (χ4v) is 3.57. The Bertz CT molecular complexity index is 998. The maximum Gasteiger partial charge on any atom is 0.341 e. The van der Waals surface area contributed by atoms with E-state index in [4.69, 9.17) is 14.5 Å². The van der Waals surface area contributed by atoms with E-state index >= 15 is 0 Å². The summed E-state index contributed by atoms with van der Waals surface area (Å²) in [5.41, 5.74) is 5.06. The first-order valence-corrected chi connectivity index (χ1v) is 9.50. The highest BCUT2D eigenvalue weighted by Crippen LogP contribution is 2.41. The van der Waals surface area contributed by atoms with Crippen molar-refractivity contribution in [3.63, 3.8) is 0 Å². The van der Waals surface area contributed by atoms with Gasteiger partial charge in [0.2, 0.25) is 0 Å². The van der Waals surface area contributed by atoms with Crippen molar-refractivity contribution in [3.8, 4) is 0 Å². The van der Waals surface area contributed by atoms with Gasteiger partial charge in [0.1, 0.15) is 5.65 Å². The molecule has 0 unspecified atom stereocenters. The minimum absolute atomic E-state index is 0.347. The molecule has 5 rings (SSSR count). The lowest BCUT2D eigenvalue weighted by Crippen LogP contribution is -2.25. The predicted octanol–water partition coefficient (Wildman–Crippen LogP) is 2.75. The number of aromatic nitrogens is 4. The van der Waals surface area contributed by atoms with E-state index in [2.05, 4.69) is 28.0 Å². The van der Waals surface area contributed by atoms with Crippen molar-refractivity contribution >= 4 is 11.6 Å². The van der Waals surface area contributed by atoms with Crippen LogP contribution in [0.5, 0.6) is 0 Å². The molecule has 0 amide bonds. The van der Waals surface area contributed by atoms with Crippen LogP contribution in [0.2, 0.25) is 0 Å². The molecule has 140 valence electrons. The summed E-state index contributed by atoms with van der Waals surface area (Å²) in [6, 6.07) is 2.32. The van der Waals surface area contributed by atoms with Crippen LogP contribution in [0.25, 0.3) is 5.65 Å². The van der Waals surface area contributed by atoms with E-state index in [-0.39, 0.29) is 5.97 Å². The number of rotatable bonds is 6. The molecule has 3 aromatic heterocycles. The number of hydrogen-bond acceptors (Lipinski definition) is 5. The topological polar surface area (TPSA) is 70.7 Å². The molecule has 0 N–H and O–H groups in total. The molecule has 0 radical (unpaired) electrons. The van der Waals surface area contributed by atoms with Crippen molar-refractivity contribution < 1.29 is 14.3 Å². The summed E-state index contributed by atoms with van der Waals surface area (Å²) in [7, 11) is 0. The second-order valence-electron chi connectivity index (χ2n) is 7.35. The standard InChI is InChI=1S/C20H22N4O3/c1-2-27-20(25)15-6-21-24(8-15)10-17-9-23-7-14(13-3-4-13)5-18(19(23)22-17)16-11-26-12-16/h5-9,13,16H,2-4,10-12H2,1H3. The third-order valence-electron chi connectivity index (χ3n) is 5.25. The van der Waals surface area contributed by atoms with Crippen molar-refractivity contribution in [1.82, 2.24) is 19.2 Å². The lowest BCUT2D eigenvalue weighted by Gasteiger charge is -2.27. The highest BCUT2D eigenvalue weighted by molar-refractivity contribution is 5.88. The SMILES string of the molecule is CCOC(=O)c1cnn(Cc2cn3cc(C4CC4)cc(C4COC4)c3n2)c1. The van der Waals surface area contributed by atoms with Crippen molar-refractivity contribution in [2.75, 3.05) is 19.8 Å². The van der Waals surface area contributed by atoms with Crippen molar-refractivity contribution in [1.29, 1.82) is 0 Å². The van der Waals surface area contributed by atoms with Crippen molar-refractivity contribution in [2.45, 2.75) is 38.1 Å². The van der Waals surface area contributed by atoms with E-state index in [1.54, 1.807) is 17.8 Å². The lowest BCUT2D eigenvalue weighted by molar-refractivity contribution is 0.00877. The summed E-state index contributed by atoms with van der Waals surface area (Å²) in [5, 5.41) is 4.27. The zero-order valence-electron chi connectivity index (χ0n) is 15.3. The molecule has 0 spiro atoms. The van der Waals surface area contributed by atoms with E-state index < -0.39 is 0 Å². The Morgan fingerprint density at radius 2 is 2.11 bits per heavy atom. The molecule has 0 bridgehead atoms. The Balaban J connectivity index is 1.45. The quantitative estimate of drug-likeness (QED) is 0.628. The number of pyridine rings is 1. The number of nitrogens with zero attached hydrogens (tertiary/aromatic N) is 4. The number of imidazole rings is 1. The second kappa shape index (κ2) is 6.49. The Labute approximate surface area is 156 Å². The van der Waals surface area contributed by atoms with E-state index in [1.807, 2.05) is 0 Å². The fourth-order valence-electron chi connectivity index (χ4n) is 3.57. The van der Waals surface area contributed by atoms with Crippen LogP contribution in [-0.4, -0.2) is 45.0 Å². The lowest BCUT2D eigenvalue weighted by atomic mass is 9.96. The van der Waals surface area contributed by atoms with Gasteiger partial charge in [0, 0.05) is 30.1 Å². The van der Waals surface area contributed by atoms with Crippen LogP contribution in [0.1, 0.15) is 58.8 Å². The number of carbonyl (C=O) groups is 1. The fraction of sp³-hybridized carbons (Fsp3) is 0.450. The monoisotopic (exact) mass is 366 g/mol. The third-order valence-corrected chi connectivity index (χ3v) is 5.25. The summed E-state index contributed by atoms with van der Waals surface area (Å²) < 4.78 is 14.3. The third kappa shape index (κ3) is 3.12. The first kappa shape index (κ1) is 16.5. The van der Waals surface area contributed by atoms with Gasteiger partial charge in [-0.25, -0.2) is 9.78 Å². The van der Waals surface area contributed by atoms with Crippen molar-refractivity contribution in [3.05, 3.63) is 53.2 Å². The molecule has 4 heterocycles. The molecule has 7 nitrogen and oxygen atoms in total. The molecule has 1 saturated carbocycles. The van der Waals surface area contributed by atoms with Gasteiger partial charge in [-0.05, 0) is 37.3 Å². The maximum absolute atomic E-state index is 11.8. The van der Waals surface area contributed by atoms with Crippen LogP contribution in [0, 0.1) is 0 Å². The molecule has 7 heteroatoms. The molecule has 27 heavy (non-hydrogen) atoms. The Kier molecular flexibility index (Phi) is 3.97. The molecular formula is C20H22N4O3. The summed E-state index contributed by atoms with van der Waals surface area (Å²) in [5.74, 6) is 0.778. The van der Waals surface area contributed by atoms with Crippen LogP contribution in [-0.2, 0) is 16.0 Å². The molecular weight excluding hydrogens is 344 g/mol. The van der Waals surface area contributed by atoms with Gasteiger partial charge in [0.05, 0.1) is 43.8 Å². The number of esters is 1. The smallest absolute Gasteiger partial charge is 0.341 e. The summed E-state index contributed by atoms with van der Waals surface area (Å²) in [6.45, 7) is 4.20. The molecule has 1 aliphatic carbocycles. The van der Waals surface area contributed by atoms with Crippen LogP contribution < -0.4 is 0 Å². The number of ether oxygens (including phenoxy) is 2. The van der Waals surface area contributed by atoms with E-state index in [0.717, 1.165) is 24.6 Å². The molecule has 2 fully saturated rings. The number of fused-ring (bicyclic) bond motifs is 1. The zero-order chi connectivity index (χ0) is 18.4. The van der Waals surface area contributed by atoms with Crippen LogP contribution in [0.15, 0.2) is 30.9 Å². The summed E-state index contributed by atoms with van der Waals surface area (Å²) in [4.78, 5) is 16.7. The molecule has 1 aliphatic heterocycles. The van der Waals surface area contributed by atoms with Gasteiger partial charge in [0.25, 0.3) is 0 Å². The Morgan fingerprint density at radius 3 is 2.81 bits per heavy atom. The van der Waals surface area contributed by atoms with Gasteiger partial charge in [-0.2, -0.15) is 5.10 Å². The van der Waals surface area contributed by atoms with Gasteiger partial charge in [-0.3, -0.25) is 4.68 Å². The van der Waals surface area contributed by atoms with Gasteiger partial charge < -0.3 is 13.9 Å². The predicted molar refractivity (Wildman–Crippen MR) is 98.0 cm³/mol. The molecule has 1 saturated heterocycles.